The average Bonchev–Trinajstić information content (AvgIpc) is 4.07. The number of carbonyl (C=O) groups excluding carboxylic acids is 3. The third-order valence-corrected chi connectivity index (χ3v) is 14.0. The molecule has 67 heavy (non-hydrogen) atoms. The Morgan fingerprint density at radius 1 is 0.836 bits per heavy atom. The lowest BCUT2D eigenvalue weighted by Crippen LogP contribution is -2.58. The minimum absolute atomic E-state index is 0.183. The van der Waals surface area contributed by atoms with E-state index in [1.165, 1.54) is 0 Å². The highest BCUT2D eigenvalue weighted by molar-refractivity contribution is 9.10. The molecule has 3 heterocycles. The number of rotatable bonds is 21. The number of fused-ring (bicyclic) bond motifs is 1. The second kappa shape index (κ2) is 23.1. The lowest BCUT2D eigenvalue weighted by Gasteiger charge is -2.35. The van der Waals surface area contributed by atoms with Crippen LogP contribution in [0.2, 0.25) is 0 Å². The molecule has 4 aromatic carbocycles. The highest BCUT2D eigenvalue weighted by Crippen LogP contribution is 2.47. The standard InChI is InChI=1S/C51H57BrN4O9S2/c1-32(34-8-10-35(11-9-34)46-33(2)53-31-66-46)54-49(59)42-7-6-22-56(42)50(60)48(51(3,4)5)55-44(58)30-63-26-25-61-23-24-62-27-28-64-39-17-19-40(20-18-39)65-45-41-21-16-38(57)29-43(41)67-47(45)36-12-14-37(52)15-13-36/h8-21,29,31-32,42,48,57H,6-7,22-28,30H2,1-5H3,(H,54,59)(H,55,58)/t32-,42-,48?/m0/s1. The summed E-state index contributed by atoms with van der Waals surface area (Å²) >= 11 is 6.66. The zero-order valence-electron chi connectivity index (χ0n) is 38.3. The number of aryl methyl sites for hydroxylation is 1. The van der Waals surface area contributed by atoms with Gasteiger partial charge < -0.3 is 44.3 Å². The lowest BCUT2D eigenvalue weighted by molar-refractivity contribution is -0.144. The third-order valence-electron chi connectivity index (χ3n) is 11.3. The first-order valence-corrected chi connectivity index (χ1v) is 24.8. The summed E-state index contributed by atoms with van der Waals surface area (Å²) in [4.78, 5) is 48.6. The fourth-order valence-corrected chi connectivity index (χ4v) is 9.96. The Morgan fingerprint density at radius 2 is 1.48 bits per heavy atom. The molecule has 7 rings (SSSR count). The maximum Gasteiger partial charge on any atom is 0.246 e. The summed E-state index contributed by atoms with van der Waals surface area (Å²) in [5.74, 6) is 1.34. The number of amides is 3. The van der Waals surface area contributed by atoms with Crippen LogP contribution in [0.1, 0.15) is 57.8 Å². The van der Waals surface area contributed by atoms with Crippen molar-refractivity contribution in [2.24, 2.45) is 5.41 Å². The van der Waals surface area contributed by atoms with Gasteiger partial charge in [0.15, 0.2) is 5.75 Å². The fraction of sp³-hybridized carbons (Fsp3) is 0.373. The molecule has 16 heteroatoms. The van der Waals surface area contributed by atoms with E-state index in [1.807, 2.05) is 119 Å². The number of benzene rings is 4. The maximum absolute atomic E-state index is 14.0. The van der Waals surface area contributed by atoms with Crippen molar-refractivity contribution in [3.63, 3.8) is 0 Å². The zero-order valence-corrected chi connectivity index (χ0v) is 41.6. The number of carbonyl (C=O) groups is 3. The SMILES string of the molecule is Cc1ncsc1-c1ccc([C@H](C)NC(=O)[C@@H]2CCCN2C(=O)C(NC(=O)COCCOCCOCCOc2ccc(Oc3c(-c4ccc(Br)cc4)sc4cc(O)ccc34)cc2)C(C)(C)C)cc1. The summed E-state index contributed by atoms with van der Waals surface area (Å²) in [6.07, 6.45) is 1.24. The molecule has 0 aliphatic carbocycles. The van der Waals surface area contributed by atoms with Gasteiger partial charge in [0.05, 0.1) is 60.0 Å². The molecule has 354 valence electrons. The minimum atomic E-state index is -0.852. The van der Waals surface area contributed by atoms with Gasteiger partial charge in [-0.05, 0) is 103 Å². The Hall–Kier alpha value is -5.36. The predicted octanol–water partition coefficient (Wildman–Crippen LogP) is 10.1. The topological polar surface area (TPSA) is 158 Å². The molecular weight excluding hydrogens is 957 g/mol. The van der Waals surface area contributed by atoms with E-state index in [-0.39, 0.29) is 43.4 Å². The molecule has 0 radical (unpaired) electrons. The summed E-state index contributed by atoms with van der Waals surface area (Å²) in [6, 6.07) is 27.1. The number of halogens is 1. The highest BCUT2D eigenvalue weighted by atomic mass is 79.9. The van der Waals surface area contributed by atoms with Crippen molar-refractivity contribution in [2.45, 2.75) is 65.6 Å². The van der Waals surface area contributed by atoms with E-state index in [9.17, 15) is 19.5 Å². The first-order valence-electron chi connectivity index (χ1n) is 22.3. The third kappa shape index (κ3) is 13.2. The van der Waals surface area contributed by atoms with E-state index in [0.717, 1.165) is 52.4 Å². The number of nitrogens with zero attached hydrogens (tertiary/aromatic N) is 2. The fourth-order valence-electron chi connectivity index (χ4n) is 7.71. The van der Waals surface area contributed by atoms with Gasteiger partial charge in [0, 0.05) is 21.1 Å². The van der Waals surface area contributed by atoms with Crippen LogP contribution in [-0.4, -0.2) is 97.6 Å². The average molecular weight is 1010 g/mol. The Morgan fingerprint density at radius 3 is 2.15 bits per heavy atom. The quantitative estimate of drug-likeness (QED) is 0.0593. The molecular formula is C51H57BrN4O9S2. The van der Waals surface area contributed by atoms with Crippen molar-refractivity contribution >= 4 is 66.4 Å². The normalized spacial score (nSPS) is 14.8. The number of thiazole rings is 1. The number of thiophene rings is 1. The maximum atomic E-state index is 14.0. The van der Waals surface area contributed by atoms with E-state index in [0.29, 0.717) is 57.3 Å². The number of aromatic nitrogens is 1. The molecule has 3 N–H and O–H groups in total. The minimum Gasteiger partial charge on any atom is -0.508 e. The molecule has 2 aromatic heterocycles. The van der Waals surface area contributed by atoms with Gasteiger partial charge in [-0.1, -0.05) is 73.1 Å². The summed E-state index contributed by atoms with van der Waals surface area (Å²) < 4.78 is 31.0. The second-order valence-electron chi connectivity index (χ2n) is 17.3. The number of ether oxygens (including phenoxy) is 5. The summed E-state index contributed by atoms with van der Waals surface area (Å²) in [5.41, 5.74) is 5.26. The number of nitrogens with one attached hydrogen (secondary N) is 2. The predicted molar refractivity (Wildman–Crippen MR) is 266 cm³/mol. The van der Waals surface area contributed by atoms with Crippen molar-refractivity contribution in [1.29, 1.82) is 0 Å². The van der Waals surface area contributed by atoms with Crippen molar-refractivity contribution < 1.29 is 43.2 Å². The van der Waals surface area contributed by atoms with Gasteiger partial charge in [-0.15, -0.1) is 22.7 Å². The van der Waals surface area contributed by atoms with Gasteiger partial charge in [-0.3, -0.25) is 14.4 Å². The van der Waals surface area contributed by atoms with Crippen LogP contribution in [0.3, 0.4) is 0 Å². The monoisotopic (exact) mass is 1010 g/mol. The van der Waals surface area contributed by atoms with Gasteiger partial charge in [0.1, 0.15) is 42.5 Å². The van der Waals surface area contributed by atoms with Crippen molar-refractivity contribution in [3.05, 3.63) is 112 Å². The van der Waals surface area contributed by atoms with Gasteiger partial charge in [0.25, 0.3) is 0 Å². The van der Waals surface area contributed by atoms with E-state index < -0.39 is 23.4 Å². The molecule has 3 atom stereocenters. The van der Waals surface area contributed by atoms with Gasteiger partial charge in [0.2, 0.25) is 17.7 Å². The van der Waals surface area contributed by atoms with Gasteiger partial charge in [-0.2, -0.15) is 0 Å². The molecule has 1 aliphatic rings. The first-order chi connectivity index (χ1) is 32.2. The van der Waals surface area contributed by atoms with E-state index in [1.54, 1.807) is 39.7 Å². The van der Waals surface area contributed by atoms with Crippen molar-refractivity contribution in [1.82, 2.24) is 20.5 Å². The zero-order chi connectivity index (χ0) is 47.5. The van der Waals surface area contributed by atoms with Crippen LogP contribution in [-0.2, 0) is 28.6 Å². The number of hydrogen-bond donors (Lipinski definition) is 3. The van der Waals surface area contributed by atoms with E-state index in [4.69, 9.17) is 23.7 Å². The number of hydrogen-bond acceptors (Lipinski definition) is 12. The molecule has 13 nitrogen and oxygen atoms in total. The molecule has 0 saturated carbocycles. The van der Waals surface area contributed by atoms with Crippen LogP contribution in [0, 0.1) is 12.3 Å². The Kier molecular flexibility index (Phi) is 17.1. The van der Waals surface area contributed by atoms with Gasteiger partial charge >= 0.3 is 0 Å². The summed E-state index contributed by atoms with van der Waals surface area (Å²) in [7, 11) is 0. The largest absolute Gasteiger partial charge is 0.508 e. The van der Waals surface area contributed by atoms with Crippen LogP contribution < -0.4 is 20.1 Å². The second-order valence-corrected chi connectivity index (χ2v) is 20.1. The Balaban J connectivity index is 0.770. The lowest BCUT2D eigenvalue weighted by atomic mass is 9.85. The Labute approximate surface area is 407 Å². The Bertz CT molecular complexity index is 2590. The van der Waals surface area contributed by atoms with Crippen LogP contribution in [0.4, 0.5) is 0 Å². The summed E-state index contributed by atoms with van der Waals surface area (Å²) in [6.45, 7) is 11.6. The number of phenols is 1. The molecule has 1 saturated heterocycles. The van der Waals surface area contributed by atoms with Crippen molar-refractivity contribution in [2.75, 3.05) is 52.8 Å². The molecule has 3 amide bonds. The number of aromatic hydroxyl groups is 1. The van der Waals surface area contributed by atoms with E-state index >= 15 is 0 Å². The molecule has 1 fully saturated rings. The molecule has 0 spiro atoms. The smallest absolute Gasteiger partial charge is 0.246 e. The number of phenolic OH excluding ortho intramolecular Hbond substituents is 1. The molecule has 6 aromatic rings. The van der Waals surface area contributed by atoms with Crippen LogP contribution in [0.15, 0.2) is 101 Å². The van der Waals surface area contributed by atoms with Gasteiger partial charge in [-0.25, -0.2) is 4.98 Å². The first kappa shape index (κ1) is 49.5. The molecule has 1 unspecified atom stereocenters. The number of likely N-dealkylation sites (tertiary alicyclic amines) is 1. The van der Waals surface area contributed by atoms with Crippen LogP contribution in [0.5, 0.6) is 23.0 Å². The highest BCUT2D eigenvalue weighted by Gasteiger charge is 2.42. The van der Waals surface area contributed by atoms with Crippen LogP contribution in [0.25, 0.3) is 31.0 Å². The van der Waals surface area contributed by atoms with E-state index in [2.05, 4.69) is 31.5 Å². The van der Waals surface area contributed by atoms with Crippen molar-refractivity contribution in [3.8, 4) is 43.9 Å². The molecule has 0 bridgehead atoms. The molecule has 1 aliphatic heterocycles. The summed E-state index contributed by atoms with van der Waals surface area (Å²) in [5, 5.41) is 17.0. The van der Waals surface area contributed by atoms with Crippen LogP contribution >= 0.6 is 38.6 Å².